The van der Waals surface area contributed by atoms with Crippen molar-refractivity contribution in [2.24, 2.45) is 0 Å². The van der Waals surface area contributed by atoms with E-state index in [-0.39, 0.29) is 11.0 Å². The third-order valence-corrected chi connectivity index (χ3v) is 7.86. The summed E-state index contributed by atoms with van der Waals surface area (Å²) in [5.74, 6) is 0.117. The molecular formula is C36H44O5. The molecule has 1 aliphatic heterocycles. The largest absolute Gasteiger partial charge is 0.493 e. The first-order valence-electron chi connectivity index (χ1n) is 15.5. The Hall–Kier alpha value is -3.60. The molecule has 0 saturated carbocycles. The molecule has 0 bridgehead atoms. The summed E-state index contributed by atoms with van der Waals surface area (Å²) in [5, 5.41) is 10.6. The van der Waals surface area contributed by atoms with Crippen LogP contribution in [0.4, 0.5) is 0 Å². The molecule has 1 heterocycles. The van der Waals surface area contributed by atoms with E-state index >= 15 is 0 Å². The van der Waals surface area contributed by atoms with Crippen LogP contribution in [-0.2, 0) is 0 Å². The zero-order valence-corrected chi connectivity index (χ0v) is 24.5. The fourth-order valence-corrected chi connectivity index (χ4v) is 5.61. The molecule has 0 saturated heterocycles. The van der Waals surface area contributed by atoms with Crippen LogP contribution in [0.2, 0.25) is 0 Å². The summed E-state index contributed by atoms with van der Waals surface area (Å²) in [7, 11) is 0. The fourth-order valence-electron chi connectivity index (χ4n) is 5.61. The molecule has 41 heavy (non-hydrogen) atoms. The predicted octanol–water partition coefficient (Wildman–Crippen LogP) is 10.1. The molecular weight excluding hydrogens is 512 g/mol. The van der Waals surface area contributed by atoms with Crippen molar-refractivity contribution in [2.75, 3.05) is 6.61 Å². The van der Waals surface area contributed by atoms with E-state index in [1.165, 1.54) is 89.2 Å². The lowest BCUT2D eigenvalue weighted by atomic mass is 9.91. The van der Waals surface area contributed by atoms with Gasteiger partial charge in [0.25, 0.3) is 0 Å². The van der Waals surface area contributed by atoms with Gasteiger partial charge in [0.05, 0.1) is 12.2 Å². The van der Waals surface area contributed by atoms with Gasteiger partial charge < -0.3 is 14.3 Å². The Morgan fingerprint density at radius 3 is 2.02 bits per heavy atom. The van der Waals surface area contributed by atoms with E-state index < -0.39 is 5.97 Å². The highest BCUT2D eigenvalue weighted by atomic mass is 16.5. The van der Waals surface area contributed by atoms with Crippen LogP contribution in [0, 0.1) is 0 Å². The minimum absolute atomic E-state index is 0.164. The molecule has 218 valence electrons. The highest BCUT2D eigenvalue weighted by Gasteiger charge is 2.21. The molecule has 0 atom stereocenters. The number of carbonyl (C=O) groups is 1. The first-order chi connectivity index (χ1) is 20.1. The van der Waals surface area contributed by atoms with Crippen molar-refractivity contribution in [2.45, 2.75) is 96.8 Å². The topological polar surface area (TPSA) is 76.7 Å². The normalized spacial score (nSPS) is 11.3. The molecule has 0 fully saturated rings. The molecule has 2 aromatic rings. The molecule has 2 aromatic carbocycles. The Bertz CT molecular complexity index is 1420. The van der Waals surface area contributed by atoms with E-state index in [0.29, 0.717) is 34.8 Å². The number of aromatic carboxylic acids is 1. The molecule has 1 N–H and O–H groups in total. The van der Waals surface area contributed by atoms with Crippen LogP contribution in [0.3, 0.4) is 0 Å². The number of hydrogen-bond acceptors (Lipinski definition) is 4. The minimum Gasteiger partial charge on any atom is -0.493 e. The number of hydrogen-bond donors (Lipinski definition) is 1. The van der Waals surface area contributed by atoms with Crippen molar-refractivity contribution >= 4 is 16.9 Å². The second-order valence-corrected chi connectivity index (χ2v) is 11.1. The van der Waals surface area contributed by atoms with Gasteiger partial charge in [-0.3, -0.25) is 4.79 Å². The lowest BCUT2D eigenvalue weighted by Crippen LogP contribution is -2.03. The van der Waals surface area contributed by atoms with Gasteiger partial charge in [-0.2, -0.15) is 0 Å². The Labute approximate surface area is 243 Å². The lowest BCUT2D eigenvalue weighted by Gasteiger charge is -2.17. The number of rotatable bonds is 18. The number of fused-ring (bicyclic) bond motifs is 2. The molecule has 0 spiro atoms. The molecule has 0 aromatic heterocycles. The summed E-state index contributed by atoms with van der Waals surface area (Å²) < 4.78 is 12.2. The average molecular weight is 557 g/mol. The van der Waals surface area contributed by atoms with Crippen molar-refractivity contribution in [3.63, 3.8) is 0 Å². The first kappa shape index (κ1) is 30.4. The molecule has 0 amide bonds. The Morgan fingerprint density at radius 2 is 1.37 bits per heavy atom. The molecule has 1 aliphatic carbocycles. The molecule has 5 nitrogen and oxygen atoms in total. The Kier molecular flexibility index (Phi) is 11.8. The van der Waals surface area contributed by atoms with Crippen LogP contribution < -0.4 is 10.2 Å². The van der Waals surface area contributed by atoms with Gasteiger partial charge in [-0.25, -0.2) is 4.79 Å². The maximum Gasteiger partial charge on any atom is 0.336 e. The highest BCUT2D eigenvalue weighted by molar-refractivity contribution is 6.07. The monoisotopic (exact) mass is 556 g/mol. The predicted molar refractivity (Wildman–Crippen MR) is 167 cm³/mol. The smallest absolute Gasteiger partial charge is 0.336 e. The van der Waals surface area contributed by atoms with Crippen LogP contribution in [0.15, 0.2) is 69.9 Å². The third kappa shape index (κ3) is 8.69. The number of unbranched alkanes of at least 4 members (excludes halogenated alkanes) is 13. The van der Waals surface area contributed by atoms with Crippen LogP contribution in [0.25, 0.3) is 33.4 Å². The van der Waals surface area contributed by atoms with Crippen molar-refractivity contribution in [1.82, 2.24) is 0 Å². The van der Waals surface area contributed by atoms with E-state index in [9.17, 15) is 14.7 Å². The summed E-state index contributed by atoms with van der Waals surface area (Å²) in [6, 6.07) is 17.2. The summed E-state index contributed by atoms with van der Waals surface area (Å²) >= 11 is 0. The second-order valence-electron chi connectivity index (χ2n) is 11.1. The molecule has 5 heteroatoms. The SMILES string of the molecule is CCCCCCCCCCCCCCCCOc1ccc2c(-c3ccccc3C(=O)O)c3ccc(=O)cc-3oc2c1. The van der Waals surface area contributed by atoms with Gasteiger partial charge in [-0.1, -0.05) is 109 Å². The van der Waals surface area contributed by atoms with E-state index in [0.717, 1.165) is 23.8 Å². The molecule has 4 rings (SSSR count). The summed E-state index contributed by atoms with van der Waals surface area (Å²) in [6.45, 7) is 2.90. The van der Waals surface area contributed by atoms with Crippen molar-refractivity contribution in [3.05, 3.63) is 76.5 Å². The van der Waals surface area contributed by atoms with Gasteiger partial charge in [0.15, 0.2) is 5.43 Å². The highest BCUT2D eigenvalue weighted by Crippen LogP contribution is 2.41. The van der Waals surface area contributed by atoms with E-state index in [4.69, 9.17) is 9.15 Å². The zero-order valence-electron chi connectivity index (χ0n) is 24.5. The van der Waals surface area contributed by atoms with E-state index in [1.807, 2.05) is 24.3 Å². The van der Waals surface area contributed by atoms with Gasteiger partial charge in [0.1, 0.15) is 17.1 Å². The number of carboxylic acids is 1. The first-order valence-corrected chi connectivity index (χ1v) is 15.5. The Balaban J connectivity index is 1.30. The van der Waals surface area contributed by atoms with Crippen molar-refractivity contribution in [3.8, 4) is 28.2 Å². The fraction of sp³-hybridized carbons (Fsp3) is 0.444. The van der Waals surface area contributed by atoms with Gasteiger partial charge >= 0.3 is 5.97 Å². The standard InChI is InChI=1S/C36H44O5/c1-2-3-4-5-6-7-8-9-10-11-12-13-14-17-24-40-28-21-23-32-34(26-28)41-33-25-27(37)20-22-31(33)35(32)29-18-15-16-19-30(29)36(38)39/h15-16,18-23,25-26H,2-14,17,24H2,1H3,(H,38,39). The summed E-state index contributed by atoms with van der Waals surface area (Å²) in [4.78, 5) is 24.1. The van der Waals surface area contributed by atoms with Gasteiger partial charge in [0, 0.05) is 28.6 Å². The van der Waals surface area contributed by atoms with Crippen LogP contribution in [-0.4, -0.2) is 17.7 Å². The summed E-state index contributed by atoms with van der Waals surface area (Å²) in [5.41, 5.74) is 2.60. The van der Waals surface area contributed by atoms with Crippen LogP contribution in [0.1, 0.15) is 107 Å². The number of benzene rings is 3. The molecule has 2 aliphatic rings. The summed E-state index contributed by atoms with van der Waals surface area (Å²) in [6.07, 6.45) is 18.5. The molecule has 0 radical (unpaired) electrons. The van der Waals surface area contributed by atoms with Crippen LogP contribution >= 0.6 is 0 Å². The van der Waals surface area contributed by atoms with Gasteiger partial charge in [-0.05, 0) is 42.3 Å². The van der Waals surface area contributed by atoms with E-state index in [2.05, 4.69) is 6.92 Å². The molecule has 0 unspecified atom stereocenters. The lowest BCUT2D eigenvalue weighted by molar-refractivity contribution is 0.0697. The Morgan fingerprint density at radius 1 is 0.732 bits per heavy atom. The maximum atomic E-state index is 12.1. The average Bonchev–Trinajstić information content (AvgIpc) is 2.97. The van der Waals surface area contributed by atoms with Gasteiger partial charge in [0.2, 0.25) is 0 Å². The minimum atomic E-state index is -1.00. The van der Waals surface area contributed by atoms with Gasteiger partial charge in [-0.15, -0.1) is 0 Å². The quantitative estimate of drug-likeness (QED) is 0.0974. The number of ether oxygens (including phenoxy) is 1. The maximum absolute atomic E-state index is 12.1. The second kappa shape index (κ2) is 16.0. The van der Waals surface area contributed by atoms with Crippen molar-refractivity contribution < 1.29 is 19.1 Å². The van der Waals surface area contributed by atoms with Crippen LogP contribution in [0.5, 0.6) is 5.75 Å². The third-order valence-electron chi connectivity index (χ3n) is 7.86. The van der Waals surface area contributed by atoms with E-state index in [1.54, 1.807) is 24.3 Å². The number of carboxylic acid groups (broad SMARTS) is 1. The zero-order chi connectivity index (χ0) is 28.9. The van der Waals surface area contributed by atoms with Crippen molar-refractivity contribution in [1.29, 1.82) is 0 Å².